The van der Waals surface area contributed by atoms with Gasteiger partial charge >= 0.3 is 5.56 Å². The largest absolute Gasteiger partial charge is 0.346 e. The highest BCUT2D eigenvalue weighted by Gasteiger charge is 2.42. The fourth-order valence-corrected chi connectivity index (χ4v) is 4.71. The second-order valence-electron chi connectivity index (χ2n) is 7.16. The lowest BCUT2D eigenvalue weighted by atomic mass is 9.81. The van der Waals surface area contributed by atoms with E-state index in [9.17, 15) is 4.79 Å². The highest BCUT2D eigenvalue weighted by Crippen LogP contribution is 2.38. The zero-order valence-corrected chi connectivity index (χ0v) is 14.6. The average Bonchev–Trinajstić information content (AvgIpc) is 2.67. The van der Waals surface area contributed by atoms with Crippen LogP contribution < -0.4 is 9.96 Å². The molecule has 0 saturated heterocycles. The Labute approximate surface area is 146 Å². The molecule has 1 aliphatic rings. The topological polar surface area (TPSA) is 26.1 Å². The first-order valence-electron chi connectivity index (χ1n) is 9.10. The molecule has 0 spiro atoms. The standard InChI is InChI=1S/C22H21N2O/c1-3-22(4-2)14-16-9-7-8-15-12-13-23-18-11-6-5-10-17(18)21(25)24(22)20(23)19(15)16/h5-13H,3-4,14H2,1-2H3/q+1. The van der Waals surface area contributed by atoms with Crippen molar-refractivity contribution in [1.29, 1.82) is 0 Å². The summed E-state index contributed by atoms with van der Waals surface area (Å²) in [4.78, 5) is 13.5. The molecule has 3 nitrogen and oxygen atoms in total. The maximum absolute atomic E-state index is 13.5. The zero-order valence-electron chi connectivity index (χ0n) is 14.6. The molecule has 0 radical (unpaired) electrons. The zero-order chi connectivity index (χ0) is 17.2. The van der Waals surface area contributed by atoms with Gasteiger partial charge in [0, 0.05) is 6.42 Å². The SMILES string of the molecule is CCC1(CC)Cc2cccc3cc[n+]4c5ccccc5c(=O)n1c4c23. The summed E-state index contributed by atoms with van der Waals surface area (Å²) in [5.74, 6) is 0. The van der Waals surface area contributed by atoms with Crippen molar-refractivity contribution in [1.82, 2.24) is 4.57 Å². The molecule has 0 unspecified atom stereocenters. The van der Waals surface area contributed by atoms with Gasteiger partial charge in [-0.15, -0.1) is 0 Å². The van der Waals surface area contributed by atoms with Gasteiger partial charge in [0.05, 0.1) is 11.6 Å². The summed E-state index contributed by atoms with van der Waals surface area (Å²) in [6.07, 6.45) is 4.92. The Kier molecular flexibility index (Phi) is 2.88. The third-order valence-electron chi connectivity index (χ3n) is 6.16. The van der Waals surface area contributed by atoms with Gasteiger partial charge in [-0.05, 0) is 42.0 Å². The first-order chi connectivity index (χ1) is 12.2. The third kappa shape index (κ3) is 1.70. The molecule has 3 heterocycles. The number of aromatic nitrogens is 2. The fraction of sp³-hybridized carbons (Fsp3) is 0.273. The van der Waals surface area contributed by atoms with Crippen molar-refractivity contribution in [2.24, 2.45) is 0 Å². The molecule has 1 aliphatic heterocycles. The van der Waals surface area contributed by atoms with Crippen LogP contribution in [0.5, 0.6) is 0 Å². The highest BCUT2D eigenvalue weighted by atomic mass is 16.1. The highest BCUT2D eigenvalue weighted by molar-refractivity contribution is 5.97. The quantitative estimate of drug-likeness (QED) is 0.404. The number of rotatable bonds is 2. The summed E-state index contributed by atoms with van der Waals surface area (Å²) in [5.41, 5.74) is 3.37. The maximum Gasteiger partial charge on any atom is 0.346 e. The number of hydrogen-bond acceptors (Lipinski definition) is 1. The Morgan fingerprint density at radius 3 is 2.64 bits per heavy atom. The smallest absolute Gasteiger partial charge is 0.241 e. The van der Waals surface area contributed by atoms with Crippen LogP contribution in [-0.4, -0.2) is 4.57 Å². The molecule has 25 heavy (non-hydrogen) atoms. The number of para-hydroxylation sites is 1. The summed E-state index contributed by atoms with van der Waals surface area (Å²) in [6, 6.07) is 16.6. The van der Waals surface area contributed by atoms with Crippen LogP contribution in [0.2, 0.25) is 0 Å². The van der Waals surface area contributed by atoms with Gasteiger partial charge in [0.15, 0.2) is 0 Å². The van der Waals surface area contributed by atoms with Crippen LogP contribution in [-0.2, 0) is 12.0 Å². The Bertz CT molecular complexity index is 1220. The number of pyridine rings is 1. The molecule has 0 N–H and O–H groups in total. The van der Waals surface area contributed by atoms with Crippen LogP contribution in [0.15, 0.2) is 59.5 Å². The molecule has 0 saturated carbocycles. The van der Waals surface area contributed by atoms with Gasteiger partial charge in [-0.1, -0.05) is 44.2 Å². The van der Waals surface area contributed by atoms with Crippen LogP contribution in [0.25, 0.3) is 27.3 Å². The van der Waals surface area contributed by atoms with E-state index in [1.165, 1.54) is 16.3 Å². The summed E-state index contributed by atoms with van der Waals surface area (Å²) in [6.45, 7) is 4.41. The minimum absolute atomic E-state index is 0.140. The van der Waals surface area contributed by atoms with Crippen molar-refractivity contribution in [3.63, 3.8) is 0 Å². The van der Waals surface area contributed by atoms with Crippen LogP contribution in [0.4, 0.5) is 0 Å². The molecule has 0 bridgehead atoms. The molecule has 0 aliphatic carbocycles. The van der Waals surface area contributed by atoms with Crippen LogP contribution in [0.3, 0.4) is 0 Å². The number of nitrogens with zero attached hydrogens (tertiary/aromatic N) is 2. The Morgan fingerprint density at radius 1 is 1.04 bits per heavy atom. The van der Waals surface area contributed by atoms with Crippen molar-refractivity contribution in [2.45, 2.75) is 38.6 Å². The van der Waals surface area contributed by atoms with E-state index in [4.69, 9.17) is 0 Å². The van der Waals surface area contributed by atoms with E-state index in [-0.39, 0.29) is 11.1 Å². The minimum Gasteiger partial charge on any atom is -0.241 e. The molecule has 2 aromatic carbocycles. The molecule has 3 heteroatoms. The first kappa shape index (κ1) is 14.6. The monoisotopic (exact) mass is 329 g/mol. The van der Waals surface area contributed by atoms with E-state index in [1.807, 2.05) is 24.3 Å². The van der Waals surface area contributed by atoms with E-state index < -0.39 is 0 Å². The summed E-state index contributed by atoms with van der Waals surface area (Å²) < 4.78 is 4.31. The lowest BCUT2D eigenvalue weighted by Gasteiger charge is -2.33. The van der Waals surface area contributed by atoms with Crippen molar-refractivity contribution in [3.05, 3.63) is 70.6 Å². The number of fused-ring (bicyclic) bond motifs is 2. The average molecular weight is 329 g/mol. The van der Waals surface area contributed by atoms with Gasteiger partial charge in [0.25, 0.3) is 5.65 Å². The molecule has 0 amide bonds. The molecule has 4 aromatic rings. The Balaban J connectivity index is 2.18. The normalized spacial score (nSPS) is 15.4. The summed E-state index contributed by atoms with van der Waals surface area (Å²) in [5, 5.41) is 3.23. The van der Waals surface area contributed by atoms with Gasteiger partial charge in [0.1, 0.15) is 16.4 Å². The Morgan fingerprint density at radius 2 is 1.84 bits per heavy atom. The van der Waals surface area contributed by atoms with Gasteiger partial charge in [-0.2, -0.15) is 8.97 Å². The molecule has 124 valence electrons. The van der Waals surface area contributed by atoms with Crippen molar-refractivity contribution < 1.29 is 4.40 Å². The van der Waals surface area contributed by atoms with Crippen LogP contribution >= 0.6 is 0 Å². The van der Waals surface area contributed by atoms with Crippen molar-refractivity contribution >= 4 is 27.3 Å². The second-order valence-corrected chi connectivity index (χ2v) is 7.16. The molecule has 5 rings (SSSR count). The number of hydrogen-bond donors (Lipinski definition) is 0. The van der Waals surface area contributed by atoms with E-state index >= 15 is 0 Å². The van der Waals surface area contributed by atoms with E-state index in [2.05, 4.69) is 53.3 Å². The van der Waals surface area contributed by atoms with Crippen molar-refractivity contribution in [2.75, 3.05) is 0 Å². The van der Waals surface area contributed by atoms with Crippen LogP contribution in [0.1, 0.15) is 32.3 Å². The Hall–Kier alpha value is -2.68. The van der Waals surface area contributed by atoms with Crippen LogP contribution in [0, 0.1) is 0 Å². The van der Waals surface area contributed by atoms with Crippen molar-refractivity contribution in [3.8, 4) is 0 Å². The molecule has 0 fully saturated rings. The van der Waals surface area contributed by atoms with Gasteiger partial charge < -0.3 is 0 Å². The second kappa shape index (κ2) is 4.92. The third-order valence-corrected chi connectivity index (χ3v) is 6.16. The molecule has 0 atom stereocenters. The minimum atomic E-state index is -0.158. The molecular formula is C22H21N2O+. The summed E-state index contributed by atoms with van der Waals surface area (Å²) in [7, 11) is 0. The molecule has 2 aromatic heterocycles. The molecular weight excluding hydrogens is 308 g/mol. The number of benzene rings is 2. The maximum atomic E-state index is 13.5. The summed E-state index contributed by atoms with van der Waals surface area (Å²) >= 11 is 0. The van der Waals surface area contributed by atoms with E-state index in [0.29, 0.717) is 0 Å². The van der Waals surface area contributed by atoms with Gasteiger partial charge in [-0.25, -0.2) is 4.79 Å². The van der Waals surface area contributed by atoms with Gasteiger partial charge in [0.2, 0.25) is 0 Å². The van der Waals surface area contributed by atoms with E-state index in [1.54, 1.807) is 0 Å². The fourth-order valence-electron chi connectivity index (χ4n) is 4.71. The first-order valence-corrected chi connectivity index (χ1v) is 9.10. The van der Waals surface area contributed by atoms with E-state index in [0.717, 1.165) is 35.8 Å². The lowest BCUT2D eigenvalue weighted by molar-refractivity contribution is -0.485. The predicted octanol–water partition coefficient (Wildman–Crippen LogP) is 3.96. The predicted molar refractivity (Wildman–Crippen MR) is 101 cm³/mol. The van der Waals surface area contributed by atoms with Gasteiger partial charge in [-0.3, -0.25) is 0 Å². The lowest BCUT2D eigenvalue weighted by Crippen LogP contribution is -2.49.